The summed E-state index contributed by atoms with van der Waals surface area (Å²) in [5, 5.41) is 14.3. The first-order chi connectivity index (χ1) is 13.2. The molecule has 1 amide bonds. The molecule has 0 saturated carbocycles. The zero-order valence-electron chi connectivity index (χ0n) is 15.1. The van der Waals surface area contributed by atoms with E-state index in [-0.39, 0.29) is 5.91 Å². The molecule has 2 aromatic carbocycles. The number of carbonyl (C=O) groups is 1. The molecule has 0 aliphatic carbocycles. The van der Waals surface area contributed by atoms with E-state index in [1.807, 2.05) is 54.7 Å². The van der Waals surface area contributed by atoms with Crippen molar-refractivity contribution >= 4 is 22.5 Å². The topological polar surface area (TPSA) is 65.5 Å². The number of fused-ring (bicyclic) bond motifs is 1. The lowest BCUT2D eigenvalue weighted by molar-refractivity contribution is 0.0474. The lowest BCUT2D eigenvalue weighted by atomic mass is 10.1. The number of anilines is 1. The van der Waals surface area contributed by atoms with Crippen LogP contribution in [0.15, 0.2) is 60.8 Å². The molecule has 2 heterocycles. The number of pyridine rings is 1. The number of aromatic nitrogens is 1. The van der Waals surface area contributed by atoms with Crippen LogP contribution in [0, 0.1) is 0 Å². The molecule has 5 heteroatoms. The number of carbonyl (C=O) groups excluding carboxylic acids is 1. The third-order valence-corrected chi connectivity index (χ3v) is 4.97. The molecule has 1 aliphatic heterocycles. The van der Waals surface area contributed by atoms with Gasteiger partial charge in [0.05, 0.1) is 17.2 Å². The number of benzene rings is 2. The Morgan fingerprint density at radius 1 is 1.19 bits per heavy atom. The average Bonchev–Trinajstić information content (AvgIpc) is 2.72. The molecule has 1 saturated heterocycles. The van der Waals surface area contributed by atoms with Crippen LogP contribution >= 0.6 is 0 Å². The van der Waals surface area contributed by atoms with Crippen molar-refractivity contribution in [2.24, 2.45) is 0 Å². The van der Waals surface area contributed by atoms with Gasteiger partial charge in [-0.2, -0.15) is 0 Å². The number of rotatable bonds is 4. The Morgan fingerprint density at radius 2 is 2.00 bits per heavy atom. The van der Waals surface area contributed by atoms with E-state index in [9.17, 15) is 9.90 Å². The summed E-state index contributed by atoms with van der Waals surface area (Å²) >= 11 is 0. The maximum absolute atomic E-state index is 12.9. The summed E-state index contributed by atoms with van der Waals surface area (Å²) in [7, 11) is 0. The fourth-order valence-electron chi connectivity index (χ4n) is 3.54. The standard InChI is InChI=1S/C22H23N3O2/c26-18-7-5-11-25(15-18)22(27)19-8-2-4-10-21(19)24-14-16-12-17-6-1-3-9-20(17)23-13-16/h1-4,6,8-10,12-13,18,24,26H,5,7,11,14-15H2. The van der Waals surface area contributed by atoms with Gasteiger partial charge < -0.3 is 15.3 Å². The largest absolute Gasteiger partial charge is 0.391 e. The number of hydrogen-bond acceptors (Lipinski definition) is 4. The van der Waals surface area contributed by atoms with Gasteiger partial charge in [-0.1, -0.05) is 30.3 Å². The molecule has 0 spiro atoms. The first-order valence-electron chi connectivity index (χ1n) is 9.34. The Bertz CT molecular complexity index is 957. The van der Waals surface area contributed by atoms with Crippen molar-refractivity contribution in [3.8, 4) is 0 Å². The predicted octanol–water partition coefficient (Wildman–Crippen LogP) is 3.44. The summed E-state index contributed by atoms with van der Waals surface area (Å²) in [5.74, 6) is -0.0338. The van der Waals surface area contributed by atoms with E-state index in [2.05, 4.69) is 16.4 Å². The highest BCUT2D eigenvalue weighted by molar-refractivity contribution is 5.99. The van der Waals surface area contributed by atoms with E-state index in [0.717, 1.165) is 35.0 Å². The fraction of sp³-hybridized carbons (Fsp3) is 0.273. The van der Waals surface area contributed by atoms with Gasteiger partial charge in [0.2, 0.25) is 0 Å². The minimum absolute atomic E-state index is 0.0338. The molecule has 1 aromatic heterocycles. The molecule has 2 N–H and O–H groups in total. The second-order valence-corrected chi connectivity index (χ2v) is 6.98. The number of likely N-dealkylation sites (tertiary alicyclic amines) is 1. The van der Waals surface area contributed by atoms with Gasteiger partial charge in [0, 0.05) is 36.9 Å². The highest BCUT2D eigenvalue weighted by Crippen LogP contribution is 2.21. The number of β-amino-alcohol motifs (C(OH)–C–C–N with tert-alkyl or cyclic N) is 1. The molecule has 1 unspecified atom stereocenters. The number of nitrogens with zero attached hydrogens (tertiary/aromatic N) is 2. The normalized spacial score (nSPS) is 17.1. The van der Waals surface area contributed by atoms with Crippen molar-refractivity contribution in [3.63, 3.8) is 0 Å². The number of amides is 1. The maximum Gasteiger partial charge on any atom is 0.256 e. The van der Waals surface area contributed by atoms with E-state index in [0.29, 0.717) is 25.2 Å². The van der Waals surface area contributed by atoms with Crippen molar-refractivity contribution in [2.75, 3.05) is 18.4 Å². The molecule has 0 bridgehead atoms. The Balaban J connectivity index is 1.51. The monoisotopic (exact) mass is 361 g/mol. The summed E-state index contributed by atoms with van der Waals surface area (Å²) in [6, 6.07) is 17.7. The van der Waals surface area contributed by atoms with Crippen LogP contribution in [0.1, 0.15) is 28.8 Å². The van der Waals surface area contributed by atoms with Crippen molar-refractivity contribution in [2.45, 2.75) is 25.5 Å². The lowest BCUT2D eigenvalue weighted by Gasteiger charge is -2.30. The van der Waals surface area contributed by atoms with Crippen LogP contribution < -0.4 is 5.32 Å². The summed E-state index contributed by atoms with van der Waals surface area (Å²) in [4.78, 5) is 19.1. The molecule has 4 rings (SSSR count). The van der Waals surface area contributed by atoms with Crippen molar-refractivity contribution in [1.82, 2.24) is 9.88 Å². The number of piperidine rings is 1. The number of nitrogens with one attached hydrogen (secondary N) is 1. The van der Waals surface area contributed by atoms with E-state index < -0.39 is 6.10 Å². The van der Waals surface area contributed by atoms with E-state index in [1.54, 1.807) is 4.90 Å². The maximum atomic E-state index is 12.9. The summed E-state index contributed by atoms with van der Waals surface area (Å²) in [5.41, 5.74) is 3.47. The zero-order valence-corrected chi connectivity index (χ0v) is 15.1. The molecule has 1 fully saturated rings. The van der Waals surface area contributed by atoms with Crippen LogP contribution in [0.5, 0.6) is 0 Å². The number of aliphatic hydroxyl groups excluding tert-OH is 1. The minimum Gasteiger partial charge on any atom is -0.391 e. The Morgan fingerprint density at radius 3 is 2.89 bits per heavy atom. The van der Waals surface area contributed by atoms with Gasteiger partial charge in [-0.05, 0) is 42.7 Å². The smallest absolute Gasteiger partial charge is 0.256 e. The van der Waals surface area contributed by atoms with E-state index in [4.69, 9.17) is 0 Å². The van der Waals surface area contributed by atoms with Gasteiger partial charge in [0.15, 0.2) is 0 Å². The highest BCUT2D eigenvalue weighted by atomic mass is 16.3. The lowest BCUT2D eigenvalue weighted by Crippen LogP contribution is -2.42. The molecule has 1 aliphatic rings. The molecule has 27 heavy (non-hydrogen) atoms. The molecule has 1 atom stereocenters. The first-order valence-corrected chi connectivity index (χ1v) is 9.34. The second kappa shape index (κ2) is 7.76. The van der Waals surface area contributed by atoms with Crippen LogP contribution in [0.3, 0.4) is 0 Å². The van der Waals surface area contributed by atoms with Crippen LogP contribution in [-0.2, 0) is 6.54 Å². The fourth-order valence-corrected chi connectivity index (χ4v) is 3.54. The van der Waals surface area contributed by atoms with Crippen LogP contribution in [0.2, 0.25) is 0 Å². The molecule has 0 radical (unpaired) electrons. The predicted molar refractivity (Wildman–Crippen MR) is 107 cm³/mol. The Kier molecular flexibility index (Phi) is 5.03. The highest BCUT2D eigenvalue weighted by Gasteiger charge is 2.24. The van der Waals surface area contributed by atoms with Gasteiger partial charge in [0.1, 0.15) is 0 Å². The van der Waals surface area contributed by atoms with Crippen molar-refractivity contribution < 1.29 is 9.90 Å². The van der Waals surface area contributed by atoms with E-state index >= 15 is 0 Å². The van der Waals surface area contributed by atoms with Crippen LogP contribution in [0.25, 0.3) is 10.9 Å². The Labute approximate surface area is 158 Å². The van der Waals surface area contributed by atoms with Gasteiger partial charge in [0.25, 0.3) is 5.91 Å². The SMILES string of the molecule is O=C(c1ccccc1NCc1cnc2ccccc2c1)N1CCCC(O)C1. The van der Waals surface area contributed by atoms with Gasteiger partial charge in [-0.15, -0.1) is 0 Å². The van der Waals surface area contributed by atoms with E-state index in [1.165, 1.54) is 0 Å². The second-order valence-electron chi connectivity index (χ2n) is 6.98. The van der Waals surface area contributed by atoms with Gasteiger partial charge >= 0.3 is 0 Å². The summed E-state index contributed by atoms with van der Waals surface area (Å²) in [6.45, 7) is 1.69. The minimum atomic E-state index is -0.425. The summed E-state index contributed by atoms with van der Waals surface area (Å²) < 4.78 is 0. The van der Waals surface area contributed by atoms with Crippen molar-refractivity contribution in [1.29, 1.82) is 0 Å². The molecule has 138 valence electrons. The third kappa shape index (κ3) is 3.93. The Hall–Kier alpha value is -2.92. The number of para-hydroxylation sites is 2. The zero-order chi connectivity index (χ0) is 18.6. The van der Waals surface area contributed by atoms with Crippen LogP contribution in [-0.4, -0.2) is 40.1 Å². The molecule has 5 nitrogen and oxygen atoms in total. The third-order valence-electron chi connectivity index (χ3n) is 4.97. The number of aliphatic hydroxyl groups is 1. The van der Waals surface area contributed by atoms with Crippen LogP contribution in [0.4, 0.5) is 5.69 Å². The average molecular weight is 361 g/mol. The number of hydrogen-bond donors (Lipinski definition) is 2. The summed E-state index contributed by atoms with van der Waals surface area (Å²) in [6.07, 6.45) is 3.04. The quantitative estimate of drug-likeness (QED) is 0.747. The van der Waals surface area contributed by atoms with Gasteiger partial charge in [-0.25, -0.2) is 0 Å². The molecule has 3 aromatic rings. The molecular weight excluding hydrogens is 338 g/mol. The van der Waals surface area contributed by atoms with Crippen molar-refractivity contribution in [3.05, 3.63) is 71.9 Å². The molecular formula is C22H23N3O2. The van der Waals surface area contributed by atoms with Gasteiger partial charge in [-0.3, -0.25) is 9.78 Å². The first kappa shape index (κ1) is 17.5.